The van der Waals surface area contributed by atoms with Crippen molar-refractivity contribution >= 4 is 90.4 Å². The monoisotopic (exact) mass is 1060 g/mol. The maximum atomic E-state index is 14.7. The Morgan fingerprint density at radius 2 is 1.32 bits per heavy atom. The highest BCUT2D eigenvalue weighted by Gasteiger charge is 2.38. The molecule has 0 aliphatic carbocycles. The van der Waals surface area contributed by atoms with E-state index in [1.165, 1.54) is 18.3 Å². The number of fused-ring (bicyclic) bond motifs is 1. The van der Waals surface area contributed by atoms with Gasteiger partial charge in [0.1, 0.15) is 17.3 Å². The minimum Gasteiger partial charge on any atom is -0.465 e. The van der Waals surface area contributed by atoms with Crippen LogP contribution >= 0.6 is 45.2 Å². The molecular formula is C40H57F3I2N2O8Si2. The van der Waals surface area contributed by atoms with Gasteiger partial charge in [-0.15, -0.1) is 0 Å². The molecule has 10 nitrogen and oxygen atoms in total. The number of benzene rings is 2. The molecule has 17 heteroatoms. The van der Waals surface area contributed by atoms with Crippen LogP contribution in [-0.2, 0) is 29.7 Å². The molecule has 1 aromatic heterocycles. The summed E-state index contributed by atoms with van der Waals surface area (Å²) in [7, 11) is -3.87. The van der Waals surface area contributed by atoms with Crippen LogP contribution in [0.4, 0.5) is 13.2 Å². The number of hydrogen-bond donors (Lipinski definition) is 1. The molecule has 3 aromatic rings. The van der Waals surface area contributed by atoms with E-state index in [4.69, 9.17) is 18.3 Å². The van der Waals surface area contributed by atoms with E-state index in [1.54, 1.807) is 47.1 Å². The van der Waals surface area contributed by atoms with Crippen LogP contribution < -0.4 is 10.7 Å². The lowest BCUT2D eigenvalue weighted by molar-refractivity contribution is -0.146. The predicted molar refractivity (Wildman–Crippen MR) is 240 cm³/mol. The zero-order chi connectivity index (χ0) is 43.7. The van der Waals surface area contributed by atoms with Gasteiger partial charge in [0.2, 0.25) is 5.43 Å². The lowest BCUT2D eigenvalue weighted by atomic mass is 9.97. The summed E-state index contributed by atoms with van der Waals surface area (Å²) in [6.07, 6.45) is 1.38. The van der Waals surface area contributed by atoms with Crippen molar-refractivity contribution in [1.29, 1.82) is 0 Å². The van der Waals surface area contributed by atoms with E-state index in [1.807, 2.05) is 22.6 Å². The van der Waals surface area contributed by atoms with Crippen LogP contribution in [0, 0.1) is 30.5 Å². The molecule has 2 aromatic carbocycles. The Bertz CT molecular complexity index is 1960. The van der Waals surface area contributed by atoms with Crippen LogP contribution in [0.3, 0.4) is 0 Å². The Hall–Kier alpha value is -2.18. The number of Topliss-reactive ketones (excluding diaryl/α,β-unsaturated/α-hetero) is 1. The standard InChI is InChI=1S/C20H30F2INO4Si.C20H27FINO4Si/c1-7-27-19(26)15(12-24-8-9-28-29(5,6)20(2,3)4)18(25)14-10-13(23)11-16(21)17(14)22;1-7-26-19(25)15-12-23(8-9-27-28(5,6)20(2,3)4)17-14(18(15)24)10-13(22)11-16(17)21/h10-11,15,24H,7-9,12H2,1-6H3;10-12H,7-9H2,1-6H3. The van der Waals surface area contributed by atoms with E-state index in [0.717, 1.165) is 6.07 Å². The molecule has 0 saturated heterocycles. The third-order valence-electron chi connectivity index (χ3n) is 10.2. The van der Waals surface area contributed by atoms with Gasteiger partial charge < -0.3 is 28.2 Å². The van der Waals surface area contributed by atoms with Crippen molar-refractivity contribution in [3.8, 4) is 0 Å². The molecule has 1 N–H and O–H groups in total. The molecule has 318 valence electrons. The molecule has 0 spiro atoms. The van der Waals surface area contributed by atoms with E-state index >= 15 is 0 Å². The summed E-state index contributed by atoms with van der Waals surface area (Å²) in [5.74, 6) is -6.43. The largest absolute Gasteiger partial charge is 0.465 e. The Morgan fingerprint density at radius 3 is 1.86 bits per heavy atom. The van der Waals surface area contributed by atoms with Crippen molar-refractivity contribution in [3.05, 3.63) is 76.4 Å². The van der Waals surface area contributed by atoms with Crippen molar-refractivity contribution < 1.29 is 45.9 Å². The van der Waals surface area contributed by atoms with Gasteiger partial charge in [-0.3, -0.25) is 14.4 Å². The van der Waals surface area contributed by atoms with Gasteiger partial charge in [-0.25, -0.2) is 18.0 Å². The molecule has 0 bridgehead atoms. The van der Waals surface area contributed by atoms with Gasteiger partial charge in [-0.1, -0.05) is 41.5 Å². The van der Waals surface area contributed by atoms with Crippen molar-refractivity contribution in [1.82, 2.24) is 9.88 Å². The van der Waals surface area contributed by atoms with Crippen LogP contribution in [0.25, 0.3) is 10.9 Å². The average Bonchev–Trinajstić information content (AvgIpc) is 3.08. The molecule has 1 unspecified atom stereocenters. The summed E-state index contributed by atoms with van der Waals surface area (Å²) < 4.78 is 67.3. The average molecular weight is 1060 g/mol. The summed E-state index contributed by atoms with van der Waals surface area (Å²) in [5.41, 5.74) is -0.889. The van der Waals surface area contributed by atoms with Crippen molar-refractivity contribution in [2.24, 2.45) is 5.92 Å². The second-order valence-corrected chi connectivity index (χ2v) is 28.5. The van der Waals surface area contributed by atoms with Crippen LogP contribution in [0.5, 0.6) is 0 Å². The zero-order valence-electron chi connectivity index (χ0n) is 35.0. The van der Waals surface area contributed by atoms with Gasteiger partial charge in [0.15, 0.2) is 34.1 Å². The third-order valence-corrected chi connectivity index (χ3v) is 20.6. The summed E-state index contributed by atoms with van der Waals surface area (Å²) >= 11 is 3.74. The highest BCUT2D eigenvalue weighted by Crippen LogP contribution is 2.37. The number of ether oxygens (including phenoxy) is 2. The van der Waals surface area contributed by atoms with Crippen LogP contribution in [0.1, 0.15) is 76.1 Å². The number of esters is 2. The lowest BCUT2D eigenvalue weighted by Crippen LogP contribution is -2.43. The highest BCUT2D eigenvalue weighted by atomic mass is 127. The van der Waals surface area contributed by atoms with Gasteiger partial charge >= 0.3 is 11.9 Å². The molecule has 57 heavy (non-hydrogen) atoms. The summed E-state index contributed by atoms with van der Waals surface area (Å²) in [6.45, 7) is 26.4. The number of hydrogen-bond acceptors (Lipinski definition) is 9. The normalized spacial score (nSPS) is 12.9. The highest BCUT2D eigenvalue weighted by molar-refractivity contribution is 14.1. The van der Waals surface area contributed by atoms with Crippen LogP contribution in [0.15, 0.2) is 35.3 Å². The number of halogens is 5. The van der Waals surface area contributed by atoms with E-state index in [9.17, 15) is 32.3 Å². The summed E-state index contributed by atoms with van der Waals surface area (Å²) in [4.78, 5) is 50.0. The molecule has 1 heterocycles. The van der Waals surface area contributed by atoms with E-state index in [0.29, 0.717) is 33.4 Å². The smallest absolute Gasteiger partial charge is 0.343 e. The Kier molecular flexibility index (Phi) is 19.1. The Morgan fingerprint density at radius 1 is 0.789 bits per heavy atom. The molecule has 3 rings (SSSR count). The van der Waals surface area contributed by atoms with Gasteiger partial charge in [0, 0.05) is 39.6 Å². The van der Waals surface area contributed by atoms with Crippen LogP contribution in [-0.4, -0.2) is 78.4 Å². The zero-order valence-corrected chi connectivity index (χ0v) is 41.3. The molecule has 0 aliphatic rings. The number of pyridine rings is 1. The first-order chi connectivity index (χ1) is 26.2. The number of aromatic nitrogens is 1. The van der Waals surface area contributed by atoms with Gasteiger partial charge in [-0.2, -0.15) is 0 Å². The van der Waals surface area contributed by atoms with E-state index in [-0.39, 0.29) is 46.3 Å². The Balaban J connectivity index is 0.000000394. The fourth-order valence-corrected chi connectivity index (χ4v) is 8.14. The fraction of sp³-hybridized carbons (Fsp3) is 0.550. The first-order valence-corrected chi connectivity index (χ1v) is 26.7. The van der Waals surface area contributed by atoms with Crippen LogP contribution in [0.2, 0.25) is 36.3 Å². The number of nitrogens with one attached hydrogen (secondary N) is 1. The fourth-order valence-electron chi connectivity index (χ4n) is 4.89. The number of carbonyl (C=O) groups is 3. The minimum absolute atomic E-state index is 0.0505. The maximum Gasteiger partial charge on any atom is 0.343 e. The Labute approximate surface area is 363 Å². The van der Waals surface area contributed by atoms with E-state index in [2.05, 4.69) is 73.0 Å². The van der Waals surface area contributed by atoms with Crippen molar-refractivity contribution in [2.45, 2.75) is 98.2 Å². The second-order valence-electron chi connectivity index (χ2n) is 16.4. The van der Waals surface area contributed by atoms with Crippen molar-refractivity contribution in [3.63, 3.8) is 0 Å². The number of carbonyl (C=O) groups excluding carboxylic acids is 3. The lowest BCUT2D eigenvalue weighted by Gasteiger charge is -2.36. The third kappa shape index (κ3) is 13.9. The molecule has 0 aliphatic heterocycles. The first kappa shape index (κ1) is 51.0. The van der Waals surface area contributed by atoms with Gasteiger partial charge in [-0.05, 0) is 120 Å². The van der Waals surface area contributed by atoms with Gasteiger partial charge in [0.25, 0.3) is 0 Å². The van der Waals surface area contributed by atoms with E-state index < -0.39 is 68.7 Å². The number of ketones is 1. The van der Waals surface area contributed by atoms with Crippen molar-refractivity contribution in [2.75, 3.05) is 39.5 Å². The number of nitrogens with zero attached hydrogens (tertiary/aromatic N) is 1. The molecular weight excluding hydrogens is 1000 g/mol. The molecule has 1 atom stereocenters. The SMILES string of the molecule is CCOC(=O)C(CNCCO[Si](C)(C)C(C)(C)C)C(=O)c1cc(I)cc(F)c1F.CCOC(=O)c1cn(CCO[Si](C)(C)C(C)(C)C)c2c(F)cc(I)cc2c1=O. The quantitative estimate of drug-likeness (QED) is 0.0285. The van der Waals surface area contributed by atoms with Gasteiger partial charge in [0.05, 0.1) is 36.3 Å². The summed E-state index contributed by atoms with van der Waals surface area (Å²) in [6, 6.07) is 5.18. The topological polar surface area (TPSA) is 122 Å². The predicted octanol–water partition coefficient (Wildman–Crippen LogP) is 9.49. The second kappa shape index (κ2) is 21.4. The molecule has 0 fully saturated rings. The molecule has 0 saturated carbocycles. The summed E-state index contributed by atoms with van der Waals surface area (Å²) in [5, 5.41) is 3.30. The minimum atomic E-state index is -1.97. The molecule has 0 amide bonds. The molecule has 0 radical (unpaired) electrons. The number of rotatable bonds is 16. The maximum absolute atomic E-state index is 14.7. The first-order valence-electron chi connectivity index (χ1n) is 18.7.